The Morgan fingerprint density at radius 1 is 1.18 bits per heavy atom. The van der Waals surface area contributed by atoms with E-state index in [1.54, 1.807) is 0 Å². The molecule has 0 N–H and O–H groups in total. The minimum atomic E-state index is -0.452. The van der Waals surface area contributed by atoms with E-state index >= 15 is 0 Å². The van der Waals surface area contributed by atoms with Crippen LogP contribution in [-0.4, -0.2) is 65.7 Å². The Hall–Kier alpha value is -1.82. The van der Waals surface area contributed by atoms with Crippen molar-refractivity contribution in [1.82, 2.24) is 14.8 Å². The van der Waals surface area contributed by atoms with Crippen LogP contribution < -0.4 is 4.90 Å². The maximum absolute atomic E-state index is 12.3. The minimum Gasteiger partial charge on any atom is -0.444 e. The van der Waals surface area contributed by atoms with Gasteiger partial charge < -0.3 is 14.5 Å². The van der Waals surface area contributed by atoms with Gasteiger partial charge in [-0.2, -0.15) is 0 Å². The summed E-state index contributed by atoms with van der Waals surface area (Å²) in [4.78, 5) is 23.9. The molecule has 1 amide bonds. The van der Waals surface area contributed by atoms with E-state index < -0.39 is 5.60 Å². The van der Waals surface area contributed by atoms with E-state index in [0.29, 0.717) is 19.1 Å². The molecule has 2 saturated heterocycles. The second-order valence-electron chi connectivity index (χ2n) is 8.92. The first kappa shape index (κ1) is 20.9. The molecule has 3 heterocycles. The van der Waals surface area contributed by atoms with E-state index in [4.69, 9.17) is 9.72 Å². The number of likely N-dealkylation sites (tertiary alicyclic amines) is 1. The Morgan fingerprint density at radius 3 is 2.61 bits per heavy atom. The lowest BCUT2D eigenvalue weighted by Gasteiger charge is -2.40. The normalized spacial score (nSPS) is 21.6. The molecule has 0 aliphatic carbocycles. The van der Waals surface area contributed by atoms with Gasteiger partial charge in [-0.25, -0.2) is 9.78 Å². The molecule has 0 radical (unpaired) electrons. The molecule has 0 aromatic carbocycles. The molecule has 3 rings (SSSR count). The predicted octanol–water partition coefficient (Wildman–Crippen LogP) is 4.08. The van der Waals surface area contributed by atoms with Crippen LogP contribution in [0.15, 0.2) is 18.3 Å². The van der Waals surface area contributed by atoms with Crippen molar-refractivity contribution in [3.63, 3.8) is 0 Å². The lowest BCUT2D eigenvalue weighted by molar-refractivity contribution is 0.0240. The summed E-state index contributed by atoms with van der Waals surface area (Å²) >= 11 is 0. The highest BCUT2D eigenvalue weighted by Gasteiger charge is 2.30. The van der Waals surface area contributed by atoms with Crippen LogP contribution in [0.2, 0.25) is 0 Å². The molecule has 156 valence electrons. The molecule has 0 spiro atoms. The van der Waals surface area contributed by atoms with Crippen molar-refractivity contribution in [3.05, 3.63) is 23.9 Å². The average Bonchev–Trinajstić information content (AvgIpc) is 2.68. The number of carbonyl (C=O) groups excluding carboxylic acids is 1. The first-order valence-corrected chi connectivity index (χ1v) is 10.8. The number of piperidine rings is 1. The van der Waals surface area contributed by atoms with Crippen molar-refractivity contribution in [2.45, 2.75) is 65.0 Å². The highest BCUT2D eigenvalue weighted by Crippen LogP contribution is 2.35. The number of hydrogen-bond donors (Lipinski definition) is 0. The van der Waals surface area contributed by atoms with E-state index in [1.165, 1.54) is 37.8 Å². The maximum atomic E-state index is 12.3. The van der Waals surface area contributed by atoms with Crippen LogP contribution in [-0.2, 0) is 4.74 Å². The molecule has 6 nitrogen and oxygen atoms in total. The zero-order chi connectivity index (χ0) is 20.1. The zero-order valence-corrected chi connectivity index (χ0v) is 18.0. The number of amides is 1. The van der Waals surface area contributed by atoms with Gasteiger partial charge in [-0.15, -0.1) is 0 Å². The quantitative estimate of drug-likeness (QED) is 0.778. The van der Waals surface area contributed by atoms with Gasteiger partial charge in [0.15, 0.2) is 0 Å². The molecule has 0 saturated carbocycles. The van der Waals surface area contributed by atoms with E-state index in [1.807, 2.05) is 31.9 Å². The monoisotopic (exact) mass is 388 g/mol. The Balaban J connectivity index is 1.69. The van der Waals surface area contributed by atoms with Gasteiger partial charge in [-0.3, -0.25) is 4.90 Å². The Kier molecular flexibility index (Phi) is 6.81. The summed E-state index contributed by atoms with van der Waals surface area (Å²) in [5, 5.41) is 0. The number of nitrogens with zero attached hydrogens (tertiary/aromatic N) is 4. The fourth-order valence-corrected chi connectivity index (χ4v) is 4.26. The van der Waals surface area contributed by atoms with Gasteiger partial charge in [0.2, 0.25) is 0 Å². The Labute approximate surface area is 169 Å². The van der Waals surface area contributed by atoms with Gasteiger partial charge in [0, 0.05) is 44.0 Å². The lowest BCUT2D eigenvalue weighted by Crippen LogP contribution is -2.50. The number of carbonyl (C=O) groups is 1. The molecule has 2 aliphatic rings. The fraction of sp³-hybridized carbons (Fsp3) is 0.727. The van der Waals surface area contributed by atoms with Crippen LogP contribution in [0.1, 0.15) is 65.0 Å². The van der Waals surface area contributed by atoms with Crippen LogP contribution in [0.5, 0.6) is 0 Å². The molecule has 1 atom stereocenters. The second-order valence-corrected chi connectivity index (χ2v) is 8.92. The van der Waals surface area contributed by atoms with Crippen molar-refractivity contribution in [1.29, 1.82) is 0 Å². The average molecular weight is 389 g/mol. The molecular formula is C22H36N4O2. The van der Waals surface area contributed by atoms with Crippen LogP contribution in [0.4, 0.5) is 10.6 Å². The summed E-state index contributed by atoms with van der Waals surface area (Å²) in [6.45, 7) is 13.3. The third-order valence-corrected chi connectivity index (χ3v) is 5.53. The number of pyridine rings is 1. The summed E-state index contributed by atoms with van der Waals surface area (Å²) in [6.07, 6.45) is 6.64. The predicted molar refractivity (Wildman–Crippen MR) is 113 cm³/mol. The van der Waals surface area contributed by atoms with E-state index in [0.717, 1.165) is 25.5 Å². The molecule has 0 bridgehead atoms. The molecule has 6 heteroatoms. The van der Waals surface area contributed by atoms with E-state index in [2.05, 4.69) is 28.9 Å². The lowest BCUT2D eigenvalue weighted by atomic mass is 9.95. The fourth-order valence-electron chi connectivity index (χ4n) is 4.26. The summed E-state index contributed by atoms with van der Waals surface area (Å²) in [5.41, 5.74) is 0.896. The first-order chi connectivity index (χ1) is 13.4. The van der Waals surface area contributed by atoms with E-state index in [9.17, 15) is 4.79 Å². The highest BCUT2D eigenvalue weighted by atomic mass is 16.6. The van der Waals surface area contributed by atoms with Gasteiger partial charge >= 0.3 is 6.09 Å². The number of aromatic nitrogens is 1. The zero-order valence-electron chi connectivity index (χ0n) is 18.0. The number of hydrogen-bond acceptors (Lipinski definition) is 5. The van der Waals surface area contributed by atoms with Crippen LogP contribution >= 0.6 is 0 Å². The maximum Gasteiger partial charge on any atom is 0.410 e. The van der Waals surface area contributed by atoms with Crippen molar-refractivity contribution in [2.75, 3.05) is 44.2 Å². The second kappa shape index (κ2) is 9.12. The van der Waals surface area contributed by atoms with E-state index in [-0.39, 0.29) is 6.09 Å². The SMILES string of the molecule is CCCN1CCCC[C@@H]1c1cccnc1N1CCN(C(=O)OC(C)(C)C)CC1. The Bertz CT molecular complexity index is 648. The first-order valence-electron chi connectivity index (χ1n) is 10.8. The standard InChI is InChI=1S/C22H36N4O2/c1-5-12-24-13-7-6-10-19(24)18-9-8-11-23-20(18)25-14-16-26(17-15-25)21(27)28-22(2,3)4/h8-9,11,19H,5-7,10,12-17H2,1-4H3/t19-/m1/s1. The van der Waals surface area contributed by atoms with Crippen molar-refractivity contribution in [2.24, 2.45) is 0 Å². The van der Waals surface area contributed by atoms with Crippen LogP contribution in [0.25, 0.3) is 0 Å². The number of rotatable bonds is 4. The minimum absolute atomic E-state index is 0.213. The molecule has 28 heavy (non-hydrogen) atoms. The smallest absolute Gasteiger partial charge is 0.410 e. The third kappa shape index (κ3) is 5.16. The van der Waals surface area contributed by atoms with Crippen molar-refractivity contribution in [3.8, 4) is 0 Å². The van der Waals surface area contributed by atoms with Gasteiger partial charge in [-0.1, -0.05) is 19.4 Å². The van der Waals surface area contributed by atoms with Gasteiger partial charge in [0.05, 0.1) is 0 Å². The summed E-state index contributed by atoms with van der Waals surface area (Å²) < 4.78 is 5.52. The Morgan fingerprint density at radius 2 is 1.93 bits per heavy atom. The summed E-state index contributed by atoms with van der Waals surface area (Å²) in [5.74, 6) is 1.10. The van der Waals surface area contributed by atoms with Gasteiger partial charge in [-0.05, 0) is 59.2 Å². The topological polar surface area (TPSA) is 48.9 Å². The number of ether oxygens (including phenoxy) is 1. The molecule has 1 aromatic rings. The molecular weight excluding hydrogens is 352 g/mol. The molecule has 0 unspecified atom stereocenters. The molecule has 2 fully saturated rings. The van der Waals surface area contributed by atoms with Gasteiger partial charge in [0.25, 0.3) is 0 Å². The molecule has 1 aromatic heterocycles. The molecule has 2 aliphatic heterocycles. The largest absolute Gasteiger partial charge is 0.444 e. The van der Waals surface area contributed by atoms with Crippen LogP contribution in [0, 0.1) is 0 Å². The number of piperazine rings is 1. The summed E-state index contributed by atoms with van der Waals surface area (Å²) in [6, 6.07) is 4.77. The van der Waals surface area contributed by atoms with Gasteiger partial charge in [0.1, 0.15) is 11.4 Å². The summed E-state index contributed by atoms with van der Waals surface area (Å²) in [7, 11) is 0. The van der Waals surface area contributed by atoms with Crippen molar-refractivity contribution < 1.29 is 9.53 Å². The number of anilines is 1. The van der Waals surface area contributed by atoms with Crippen LogP contribution in [0.3, 0.4) is 0 Å². The van der Waals surface area contributed by atoms with Crippen molar-refractivity contribution >= 4 is 11.9 Å². The highest BCUT2D eigenvalue weighted by molar-refractivity contribution is 5.68. The third-order valence-electron chi connectivity index (χ3n) is 5.53.